The Morgan fingerprint density at radius 2 is 1.80 bits per heavy atom. The normalized spacial score (nSPS) is 24.2. The highest BCUT2D eigenvalue weighted by molar-refractivity contribution is 5.85. The molecule has 6 nitrogen and oxygen atoms in total. The Labute approximate surface area is 147 Å². The molecule has 1 aromatic rings. The van der Waals surface area contributed by atoms with E-state index in [1.54, 1.807) is 0 Å². The monoisotopic (exact) mass is 347 g/mol. The number of benzene rings is 1. The van der Waals surface area contributed by atoms with Gasteiger partial charge < -0.3 is 19.5 Å². The van der Waals surface area contributed by atoms with Crippen LogP contribution in [-0.2, 0) is 25.5 Å². The molecule has 1 aromatic carbocycles. The minimum atomic E-state index is -0.987. The third-order valence-corrected chi connectivity index (χ3v) is 4.91. The van der Waals surface area contributed by atoms with Crippen molar-refractivity contribution < 1.29 is 24.2 Å². The van der Waals surface area contributed by atoms with Gasteiger partial charge >= 0.3 is 5.97 Å². The fourth-order valence-electron chi connectivity index (χ4n) is 3.63. The Morgan fingerprint density at radius 3 is 2.48 bits per heavy atom. The summed E-state index contributed by atoms with van der Waals surface area (Å²) in [6.07, 6.45) is 3.09. The van der Waals surface area contributed by atoms with Crippen LogP contribution in [0.2, 0.25) is 0 Å². The van der Waals surface area contributed by atoms with Crippen LogP contribution in [0.5, 0.6) is 0 Å². The predicted molar refractivity (Wildman–Crippen MR) is 91.2 cm³/mol. The maximum Gasteiger partial charge on any atom is 0.323 e. The zero-order valence-corrected chi connectivity index (χ0v) is 14.3. The van der Waals surface area contributed by atoms with Gasteiger partial charge in [0.05, 0.1) is 6.10 Å². The third-order valence-electron chi connectivity index (χ3n) is 4.91. The van der Waals surface area contributed by atoms with Crippen LogP contribution in [0.1, 0.15) is 31.2 Å². The first-order valence-electron chi connectivity index (χ1n) is 8.93. The molecule has 136 valence electrons. The van der Waals surface area contributed by atoms with Crippen molar-refractivity contribution in [3.05, 3.63) is 35.9 Å². The number of rotatable bonds is 6. The van der Waals surface area contributed by atoms with E-state index < -0.39 is 12.1 Å². The molecule has 0 saturated carbocycles. The van der Waals surface area contributed by atoms with E-state index in [2.05, 4.69) is 12.1 Å². The molecule has 2 fully saturated rings. The molecule has 2 aliphatic rings. The van der Waals surface area contributed by atoms with E-state index in [9.17, 15) is 14.7 Å². The molecule has 1 amide bonds. The second-order valence-corrected chi connectivity index (χ2v) is 6.72. The first-order valence-corrected chi connectivity index (χ1v) is 8.93. The number of ether oxygens (including phenoxy) is 2. The molecule has 0 unspecified atom stereocenters. The van der Waals surface area contributed by atoms with Gasteiger partial charge in [-0.05, 0) is 37.7 Å². The zero-order valence-electron chi connectivity index (χ0n) is 14.3. The van der Waals surface area contributed by atoms with E-state index in [1.165, 1.54) is 10.5 Å². The number of nitrogens with zero attached hydrogens (tertiary/aromatic N) is 1. The van der Waals surface area contributed by atoms with Gasteiger partial charge in [0.15, 0.2) is 0 Å². The van der Waals surface area contributed by atoms with Gasteiger partial charge in [-0.1, -0.05) is 30.3 Å². The van der Waals surface area contributed by atoms with Crippen LogP contribution in [0.3, 0.4) is 0 Å². The maximum atomic E-state index is 12.9. The van der Waals surface area contributed by atoms with Crippen molar-refractivity contribution in [2.24, 2.45) is 0 Å². The number of carboxylic acid groups (broad SMARTS) is 1. The van der Waals surface area contributed by atoms with Crippen molar-refractivity contribution >= 4 is 11.9 Å². The van der Waals surface area contributed by atoms with E-state index in [0.29, 0.717) is 32.5 Å². The highest BCUT2D eigenvalue weighted by atomic mass is 16.5. The fourth-order valence-corrected chi connectivity index (χ4v) is 3.63. The van der Waals surface area contributed by atoms with Crippen molar-refractivity contribution in [2.75, 3.05) is 19.8 Å². The van der Waals surface area contributed by atoms with Crippen LogP contribution in [-0.4, -0.2) is 59.9 Å². The topological polar surface area (TPSA) is 76.1 Å². The molecule has 2 aliphatic heterocycles. The average Bonchev–Trinajstić information content (AvgIpc) is 3.09. The van der Waals surface area contributed by atoms with Gasteiger partial charge in [0.25, 0.3) is 5.91 Å². The van der Waals surface area contributed by atoms with E-state index >= 15 is 0 Å². The summed E-state index contributed by atoms with van der Waals surface area (Å²) < 4.78 is 11.3. The van der Waals surface area contributed by atoms with Gasteiger partial charge in [-0.25, -0.2) is 0 Å². The first-order chi connectivity index (χ1) is 12.1. The lowest BCUT2D eigenvalue weighted by atomic mass is 10.0. The minimum Gasteiger partial charge on any atom is -0.480 e. The average molecular weight is 347 g/mol. The van der Waals surface area contributed by atoms with Crippen LogP contribution in [0.15, 0.2) is 30.3 Å². The molecule has 0 bridgehead atoms. The summed E-state index contributed by atoms with van der Waals surface area (Å²) in [7, 11) is 0. The van der Waals surface area contributed by atoms with Crippen molar-refractivity contribution in [1.82, 2.24) is 4.90 Å². The van der Waals surface area contributed by atoms with Gasteiger partial charge in [0.2, 0.25) is 0 Å². The number of amides is 1. The van der Waals surface area contributed by atoms with Gasteiger partial charge in [0.1, 0.15) is 12.6 Å². The number of carbonyl (C=O) groups is 2. The van der Waals surface area contributed by atoms with Crippen LogP contribution in [0.25, 0.3) is 0 Å². The third kappa shape index (κ3) is 4.80. The standard InChI is InChI=1S/C19H25NO5/c21-18(22)13-20(15-8-10-24-11-9-15)19(23)17-7-6-16(25-17)12-14-4-2-1-3-5-14/h1-5,15-17H,6-13H2,(H,21,22)/t16-,17+/m1/s1. The van der Waals surface area contributed by atoms with E-state index in [-0.39, 0.29) is 24.6 Å². The summed E-state index contributed by atoms with van der Waals surface area (Å²) >= 11 is 0. The van der Waals surface area contributed by atoms with Crippen molar-refractivity contribution in [2.45, 2.75) is 50.4 Å². The summed E-state index contributed by atoms with van der Waals surface area (Å²) in [5.74, 6) is -1.18. The van der Waals surface area contributed by atoms with Gasteiger partial charge in [-0.2, -0.15) is 0 Å². The van der Waals surface area contributed by atoms with Gasteiger partial charge in [0, 0.05) is 19.3 Å². The minimum absolute atomic E-state index is 0.0118. The fraction of sp³-hybridized carbons (Fsp3) is 0.579. The van der Waals surface area contributed by atoms with Crippen LogP contribution < -0.4 is 0 Å². The summed E-state index contributed by atoms with van der Waals surface area (Å²) in [5, 5.41) is 9.19. The molecule has 1 N–H and O–H groups in total. The number of hydrogen-bond donors (Lipinski definition) is 1. The van der Waals surface area contributed by atoms with E-state index in [4.69, 9.17) is 9.47 Å². The number of aliphatic carboxylic acids is 1. The Kier molecular flexibility index (Phi) is 6.04. The highest BCUT2D eigenvalue weighted by Gasteiger charge is 2.37. The second kappa shape index (κ2) is 8.45. The van der Waals surface area contributed by atoms with Crippen molar-refractivity contribution in [3.8, 4) is 0 Å². The predicted octanol–water partition coefficient (Wildman–Crippen LogP) is 1.87. The Morgan fingerprint density at radius 1 is 1.08 bits per heavy atom. The molecule has 0 radical (unpaired) electrons. The highest BCUT2D eigenvalue weighted by Crippen LogP contribution is 2.26. The second-order valence-electron chi connectivity index (χ2n) is 6.72. The molecule has 25 heavy (non-hydrogen) atoms. The SMILES string of the molecule is O=C(O)CN(C(=O)[C@@H]1CC[C@H](Cc2ccccc2)O1)C1CCOCC1. The Hall–Kier alpha value is -1.92. The first kappa shape index (κ1) is 17.9. The molecule has 2 saturated heterocycles. The summed E-state index contributed by atoms with van der Waals surface area (Å²) in [4.78, 5) is 25.6. The van der Waals surface area contributed by atoms with Crippen LogP contribution in [0.4, 0.5) is 0 Å². The molecular weight excluding hydrogens is 322 g/mol. The Bertz CT molecular complexity index is 585. The molecule has 0 aliphatic carbocycles. The quantitative estimate of drug-likeness (QED) is 0.850. The molecule has 2 atom stereocenters. The molecular formula is C19H25NO5. The lowest BCUT2D eigenvalue weighted by Crippen LogP contribution is -2.49. The lowest BCUT2D eigenvalue weighted by molar-refractivity contribution is -0.154. The van der Waals surface area contributed by atoms with E-state index in [1.807, 2.05) is 18.2 Å². The molecule has 0 spiro atoms. The molecule has 2 heterocycles. The zero-order chi connectivity index (χ0) is 17.6. The largest absolute Gasteiger partial charge is 0.480 e. The van der Waals surface area contributed by atoms with Crippen LogP contribution >= 0.6 is 0 Å². The van der Waals surface area contributed by atoms with Crippen molar-refractivity contribution in [1.29, 1.82) is 0 Å². The molecule has 6 heteroatoms. The number of hydrogen-bond acceptors (Lipinski definition) is 4. The number of carbonyl (C=O) groups excluding carboxylic acids is 1. The number of carboxylic acids is 1. The smallest absolute Gasteiger partial charge is 0.323 e. The van der Waals surface area contributed by atoms with Gasteiger partial charge in [-0.3, -0.25) is 9.59 Å². The summed E-state index contributed by atoms with van der Waals surface area (Å²) in [5.41, 5.74) is 1.19. The van der Waals surface area contributed by atoms with E-state index in [0.717, 1.165) is 12.8 Å². The van der Waals surface area contributed by atoms with Crippen LogP contribution in [0, 0.1) is 0 Å². The molecule has 3 rings (SSSR count). The van der Waals surface area contributed by atoms with Gasteiger partial charge in [-0.15, -0.1) is 0 Å². The summed E-state index contributed by atoms with van der Waals surface area (Å²) in [6.45, 7) is 0.860. The maximum absolute atomic E-state index is 12.9. The Balaban J connectivity index is 1.60. The van der Waals surface area contributed by atoms with Crippen molar-refractivity contribution in [3.63, 3.8) is 0 Å². The lowest BCUT2D eigenvalue weighted by Gasteiger charge is -2.34. The summed E-state index contributed by atoms with van der Waals surface area (Å²) in [6, 6.07) is 9.99. The molecule has 0 aromatic heterocycles.